The standard InChI is InChI=1S/C25H21N3O2S/c1-30-17-10-8-15(9-11-17)16-13-19-23(21(29)14-16)24(22-7-4-12-31-22)28-20-6-3-2-5-18(20)26-25(28)27-19/h2-12,16,24H,13-14H2,1H3,(H,26,27)/t16-,24-/m0/s1. The van der Waals surface area contributed by atoms with Crippen molar-refractivity contribution in [3.05, 3.63) is 87.8 Å². The molecule has 0 spiro atoms. The Hall–Kier alpha value is -3.38. The fourth-order valence-corrected chi connectivity index (χ4v) is 5.68. The highest BCUT2D eigenvalue weighted by Crippen LogP contribution is 2.46. The Labute approximate surface area is 184 Å². The number of rotatable bonds is 3. The fourth-order valence-electron chi connectivity index (χ4n) is 4.85. The number of carbonyl (C=O) groups is 1. The summed E-state index contributed by atoms with van der Waals surface area (Å²) >= 11 is 1.69. The monoisotopic (exact) mass is 427 g/mol. The van der Waals surface area contributed by atoms with Crippen molar-refractivity contribution < 1.29 is 9.53 Å². The molecule has 0 bridgehead atoms. The van der Waals surface area contributed by atoms with Crippen LogP contribution in [-0.4, -0.2) is 22.4 Å². The normalized spacial score (nSPS) is 20.4. The number of allylic oxidation sites excluding steroid dienone is 2. The zero-order chi connectivity index (χ0) is 20.9. The molecule has 6 heteroatoms. The number of benzene rings is 2. The Balaban J connectivity index is 1.47. The van der Waals surface area contributed by atoms with Gasteiger partial charge in [0, 0.05) is 22.6 Å². The van der Waals surface area contributed by atoms with E-state index in [1.54, 1.807) is 18.4 Å². The maximum absolute atomic E-state index is 13.6. The smallest absolute Gasteiger partial charge is 0.209 e. The van der Waals surface area contributed by atoms with Crippen LogP contribution in [0, 0.1) is 0 Å². The molecule has 0 saturated carbocycles. The van der Waals surface area contributed by atoms with Crippen molar-refractivity contribution in [1.82, 2.24) is 9.55 Å². The molecular weight excluding hydrogens is 406 g/mol. The number of hydrogen-bond acceptors (Lipinski definition) is 5. The summed E-state index contributed by atoms with van der Waals surface area (Å²) < 4.78 is 7.47. The lowest BCUT2D eigenvalue weighted by atomic mass is 9.78. The Morgan fingerprint density at radius 1 is 1.06 bits per heavy atom. The van der Waals surface area contributed by atoms with Crippen molar-refractivity contribution in [1.29, 1.82) is 0 Å². The molecule has 5 nitrogen and oxygen atoms in total. The minimum absolute atomic E-state index is 0.136. The second-order valence-electron chi connectivity index (χ2n) is 8.03. The summed E-state index contributed by atoms with van der Waals surface area (Å²) in [6.45, 7) is 0. The summed E-state index contributed by atoms with van der Waals surface area (Å²) in [5, 5.41) is 5.60. The molecule has 2 aliphatic rings. The third-order valence-corrected chi connectivity index (χ3v) is 7.22. The lowest BCUT2D eigenvalue weighted by Crippen LogP contribution is -2.32. The van der Waals surface area contributed by atoms with E-state index in [9.17, 15) is 4.79 Å². The molecule has 31 heavy (non-hydrogen) atoms. The highest BCUT2D eigenvalue weighted by molar-refractivity contribution is 7.10. The minimum atomic E-state index is -0.136. The first kappa shape index (κ1) is 18.4. The first-order valence-corrected chi connectivity index (χ1v) is 11.3. The molecule has 0 fully saturated rings. The van der Waals surface area contributed by atoms with Crippen LogP contribution in [0.3, 0.4) is 0 Å². The van der Waals surface area contributed by atoms with Gasteiger partial charge < -0.3 is 10.1 Å². The summed E-state index contributed by atoms with van der Waals surface area (Å²) in [4.78, 5) is 19.6. The van der Waals surface area contributed by atoms with Gasteiger partial charge in [-0.25, -0.2) is 4.98 Å². The number of hydrogen-bond donors (Lipinski definition) is 1. The minimum Gasteiger partial charge on any atom is -0.497 e. The predicted octanol–water partition coefficient (Wildman–Crippen LogP) is 5.52. The number of anilines is 1. The van der Waals surface area contributed by atoms with Gasteiger partial charge in [0.2, 0.25) is 5.95 Å². The summed E-state index contributed by atoms with van der Waals surface area (Å²) in [5.41, 5.74) is 5.01. The third kappa shape index (κ3) is 2.90. The number of aromatic nitrogens is 2. The van der Waals surface area contributed by atoms with Crippen molar-refractivity contribution in [3.8, 4) is 5.75 Å². The molecule has 3 heterocycles. The molecule has 0 saturated heterocycles. The van der Waals surface area contributed by atoms with Crippen molar-refractivity contribution >= 4 is 34.1 Å². The summed E-state index contributed by atoms with van der Waals surface area (Å²) in [7, 11) is 1.67. The molecule has 0 amide bonds. The number of thiophene rings is 1. The number of carbonyl (C=O) groups excluding carboxylic acids is 1. The van der Waals surface area contributed by atoms with Crippen LogP contribution in [-0.2, 0) is 4.79 Å². The SMILES string of the molecule is COc1ccc([C@@H]2CC(=O)C3=C(C2)Nc2nc4ccccc4n2[C@H]3c2cccs2)cc1. The maximum Gasteiger partial charge on any atom is 0.209 e. The van der Waals surface area contributed by atoms with Crippen LogP contribution in [0.1, 0.15) is 35.2 Å². The van der Waals surface area contributed by atoms with E-state index in [0.717, 1.165) is 50.9 Å². The summed E-state index contributed by atoms with van der Waals surface area (Å²) in [6, 6.07) is 20.2. The van der Waals surface area contributed by atoms with Crippen molar-refractivity contribution in [2.75, 3.05) is 12.4 Å². The molecule has 2 aromatic carbocycles. The Bertz CT molecular complexity index is 1320. The van der Waals surface area contributed by atoms with Crippen LogP contribution >= 0.6 is 11.3 Å². The predicted molar refractivity (Wildman–Crippen MR) is 123 cm³/mol. The van der Waals surface area contributed by atoms with E-state index >= 15 is 0 Å². The number of methoxy groups -OCH3 is 1. The van der Waals surface area contributed by atoms with Gasteiger partial charge in [0.15, 0.2) is 5.78 Å². The van der Waals surface area contributed by atoms with Gasteiger partial charge in [0.25, 0.3) is 0 Å². The number of ketones is 1. The number of Topliss-reactive ketones (excluding diaryl/α,β-unsaturated/α-hetero) is 1. The van der Waals surface area contributed by atoms with Gasteiger partial charge in [-0.3, -0.25) is 9.36 Å². The number of nitrogens with zero attached hydrogens (tertiary/aromatic N) is 2. The number of fused-ring (bicyclic) bond motifs is 3. The molecular formula is C25H21N3O2S. The molecule has 4 aromatic rings. The largest absolute Gasteiger partial charge is 0.497 e. The molecule has 2 atom stereocenters. The van der Waals surface area contributed by atoms with E-state index in [1.807, 2.05) is 30.3 Å². The quantitative estimate of drug-likeness (QED) is 0.468. The number of imidazole rings is 1. The zero-order valence-corrected chi connectivity index (χ0v) is 17.9. The second kappa shape index (κ2) is 7.10. The van der Waals surface area contributed by atoms with Gasteiger partial charge >= 0.3 is 0 Å². The van der Waals surface area contributed by atoms with E-state index in [2.05, 4.69) is 45.6 Å². The average molecular weight is 428 g/mol. The van der Waals surface area contributed by atoms with Crippen LogP contribution < -0.4 is 10.1 Å². The summed E-state index contributed by atoms with van der Waals surface area (Å²) in [6.07, 6.45) is 1.30. The van der Waals surface area contributed by atoms with E-state index in [0.29, 0.717) is 6.42 Å². The van der Waals surface area contributed by atoms with Crippen molar-refractivity contribution in [2.24, 2.45) is 0 Å². The first-order valence-electron chi connectivity index (χ1n) is 10.4. The van der Waals surface area contributed by atoms with Gasteiger partial charge in [-0.15, -0.1) is 11.3 Å². The van der Waals surface area contributed by atoms with Gasteiger partial charge in [0.05, 0.1) is 18.1 Å². The zero-order valence-electron chi connectivity index (χ0n) is 17.0. The lowest BCUT2D eigenvalue weighted by Gasteiger charge is -2.35. The molecule has 1 aliphatic carbocycles. The third-order valence-electron chi connectivity index (χ3n) is 6.30. The highest BCUT2D eigenvalue weighted by Gasteiger charge is 2.39. The van der Waals surface area contributed by atoms with E-state index in [1.165, 1.54) is 0 Å². The van der Waals surface area contributed by atoms with Gasteiger partial charge in [-0.2, -0.15) is 0 Å². The Kier molecular flexibility index (Phi) is 4.21. The van der Waals surface area contributed by atoms with Crippen molar-refractivity contribution in [3.63, 3.8) is 0 Å². The molecule has 154 valence electrons. The van der Waals surface area contributed by atoms with Crippen LogP contribution in [0.25, 0.3) is 11.0 Å². The van der Waals surface area contributed by atoms with Crippen LogP contribution in [0.4, 0.5) is 5.95 Å². The number of nitrogens with one attached hydrogen (secondary N) is 1. The molecule has 0 unspecified atom stereocenters. The fraction of sp³-hybridized carbons (Fsp3) is 0.200. The van der Waals surface area contributed by atoms with E-state index in [4.69, 9.17) is 9.72 Å². The first-order chi connectivity index (χ1) is 15.2. The molecule has 6 rings (SSSR count). The molecule has 1 N–H and O–H groups in total. The van der Waals surface area contributed by atoms with Gasteiger partial charge in [-0.1, -0.05) is 30.3 Å². The number of para-hydroxylation sites is 2. The van der Waals surface area contributed by atoms with Crippen LogP contribution in [0.2, 0.25) is 0 Å². The second-order valence-corrected chi connectivity index (χ2v) is 9.01. The highest BCUT2D eigenvalue weighted by atomic mass is 32.1. The topological polar surface area (TPSA) is 56.1 Å². The van der Waals surface area contributed by atoms with Gasteiger partial charge in [0.1, 0.15) is 11.8 Å². The van der Waals surface area contributed by atoms with Crippen LogP contribution in [0.15, 0.2) is 77.3 Å². The van der Waals surface area contributed by atoms with E-state index in [-0.39, 0.29) is 17.7 Å². The van der Waals surface area contributed by atoms with Crippen molar-refractivity contribution in [2.45, 2.75) is 24.8 Å². The van der Waals surface area contributed by atoms with E-state index < -0.39 is 0 Å². The van der Waals surface area contributed by atoms with Gasteiger partial charge in [-0.05, 0) is 53.6 Å². The Morgan fingerprint density at radius 3 is 2.68 bits per heavy atom. The van der Waals surface area contributed by atoms with Crippen LogP contribution in [0.5, 0.6) is 5.75 Å². The number of ether oxygens (including phenoxy) is 1. The average Bonchev–Trinajstić information content (AvgIpc) is 3.45. The lowest BCUT2D eigenvalue weighted by molar-refractivity contribution is -0.116. The summed E-state index contributed by atoms with van der Waals surface area (Å²) in [5.74, 6) is 1.98. The molecule has 0 radical (unpaired) electrons. The maximum atomic E-state index is 13.6. The Morgan fingerprint density at radius 2 is 1.90 bits per heavy atom. The molecule has 2 aromatic heterocycles. The molecule has 1 aliphatic heterocycles.